The maximum absolute atomic E-state index is 12.8. The first-order chi connectivity index (χ1) is 9.92. The summed E-state index contributed by atoms with van der Waals surface area (Å²) in [7, 11) is 3.74. The molecular formula is C16H24BNO3. The molecule has 0 saturated carbocycles. The van der Waals surface area contributed by atoms with Crippen molar-refractivity contribution in [3.05, 3.63) is 17.7 Å². The fourth-order valence-electron chi connectivity index (χ4n) is 2.56. The quantitative estimate of drug-likeness (QED) is 0.603. The zero-order chi connectivity index (χ0) is 15.6. The molecule has 0 aromatic heterocycles. The number of carbonyl (C=O) groups excluding carboxylic acids is 1. The fraction of sp³-hybridized carbons (Fsp3) is 0.562. The van der Waals surface area contributed by atoms with E-state index in [0.717, 1.165) is 17.9 Å². The summed E-state index contributed by atoms with van der Waals surface area (Å²) in [6.07, 6.45) is 1.47. The lowest BCUT2D eigenvalue weighted by atomic mass is 9.89. The van der Waals surface area contributed by atoms with Gasteiger partial charge in [0.1, 0.15) is 13.6 Å². The molecule has 1 aromatic rings. The van der Waals surface area contributed by atoms with Crippen LogP contribution in [0.25, 0.3) is 0 Å². The van der Waals surface area contributed by atoms with E-state index in [1.165, 1.54) is 11.0 Å². The zero-order valence-electron chi connectivity index (χ0n) is 13.7. The Hall–Kier alpha value is -1.49. The standard InChI is InChI=1S/C16H24BNO3/c1-5-16(3)15(19)18(7-6-8-20-4)13-9-11(2)12(17)10-14(13)21-16/h9-10H,5-8,17H2,1-4H3. The normalized spacial score (nSPS) is 21.1. The number of hydrogen-bond donors (Lipinski definition) is 0. The summed E-state index contributed by atoms with van der Waals surface area (Å²) in [6, 6.07) is 4.08. The van der Waals surface area contributed by atoms with E-state index < -0.39 is 5.60 Å². The third-order valence-electron chi connectivity index (χ3n) is 4.30. The maximum atomic E-state index is 12.8. The van der Waals surface area contributed by atoms with Gasteiger partial charge in [0.15, 0.2) is 5.60 Å². The highest BCUT2D eigenvalue weighted by atomic mass is 16.5. The van der Waals surface area contributed by atoms with E-state index in [9.17, 15) is 4.79 Å². The van der Waals surface area contributed by atoms with Crippen molar-refractivity contribution in [3.8, 4) is 5.75 Å². The first-order valence-corrected chi connectivity index (χ1v) is 7.54. The third-order valence-corrected chi connectivity index (χ3v) is 4.30. The highest BCUT2D eigenvalue weighted by Gasteiger charge is 2.43. The van der Waals surface area contributed by atoms with Crippen LogP contribution in [0.4, 0.5) is 5.69 Å². The zero-order valence-corrected chi connectivity index (χ0v) is 13.7. The average Bonchev–Trinajstić information content (AvgIpc) is 2.46. The number of aryl methyl sites for hydroxylation is 1. The van der Waals surface area contributed by atoms with Gasteiger partial charge in [-0.15, -0.1) is 0 Å². The van der Waals surface area contributed by atoms with Gasteiger partial charge in [0.2, 0.25) is 0 Å². The van der Waals surface area contributed by atoms with Crippen LogP contribution in [0.1, 0.15) is 32.3 Å². The molecule has 21 heavy (non-hydrogen) atoms. The Bertz CT molecular complexity index is 547. The molecule has 114 valence electrons. The second-order valence-electron chi connectivity index (χ2n) is 5.89. The summed E-state index contributed by atoms with van der Waals surface area (Å²) in [5.74, 6) is 0.844. The average molecular weight is 289 g/mol. The van der Waals surface area contributed by atoms with Crippen LogP contribution >= 0.6 is 0 Å². The van der Waals surface area contributed by atoms with Crippen molar-refractivity contribution in [1.29, 1.82) is 0 Å². The van der Waals surface area contributed by atoms with Gasteiger partial charge in [-0.25, -0.2) is 0 Å². The van der Waals surface area contributed by atoms with Gasteiger partial charge in [0.05, 0.1) is 5.69 Å². The van der Waals surface area contributed by atoms with Crippen molar-refractivity contribution in [2.75, 3.05) is 25.2 Å². The molecule has 0 fully saturated rings. The topological polar surface area (TPSA) is 38.8 Å². The van der Waals surface area contributed by atoms with Crippen molar-refractivity contribution in [3.63, 3.8) is 0 Å². The minimum atomic E-state index is -0.776. The Morgan fingerprint density at radius 2 is 2.14 bits per heavy atom. The number of fused-ring (bicyclic) bond motifs is 1. The molecule has 5 heteroatoms. The first-order valence-electron chi connectivity index (χ1n) is 7.54. The second kappa shape index (κ2) is 6.10. The molecule has 2 rings (SSSR count). The summed E-state index contributed by atoms with van der Waals surface area (Å²) in [6.45, 7) is 7.21. The van der Waals surface area contributed by atoms with Crippen molar-refractivity contribution in [2.24, 2.45) is 0 Å². The molecule has 1 atom stereocenters. The number of benzene rings is 1. The van der Waals surface area contributed by atoms with Crippen LogP contribution in [0.5, 0.6) is 5.75 Å². The summed E-state index contributed by atoms with van der Waals surface area (Å²) in [5, 5.41) is 0. The Kier molecular flexibility index (Phi) is 4.62. The largest absolute Gasteiger partial charge is 0.476 e. The molecule has 1 unspecified atom stereocenters. The van der Waals surface area contributed by atoms with Crippen molar-refractivity contribution < 1.29 is 14.3 Å². The van der Waals surface area contributed by atoms with Gasteiger partial charge < -0.3 is 14.4 Å². The van der Waals surface area contributed by atoms with Gasteiger partial charge in [-0.3, -0.25) is 4.79 Å². The molecule has 0 radical (unpaired) electrons. The van der Waals surface area contributed by atoms with E-state index in [1.807, 2.05) is 30.9 Å². The van der Waals surface area contributed by atoms with Gasteiger partial charge in [-0.1, -0.05) is 17.9 Å². The number of anilines is 1. The van der Waals surface area contributed by atoms with E-state index in [-0.39, 0.29) is 5.91 Å². The van der Waals surface area contributed by atoms with Crippen LogP contribution in [0.3, 0.4) is 0 Å². The van der Waals surface area contributed by atoms with Gasteiger partial charge in [0, 0.05) is 20.3 Å². The summed E-state index contributed by atoms with van der Waals surface area (Å²) in [5.41, 5.74) is 2.45. The summed E-state index contributed by atoms with van der Waals surface area (Å²) in [4.78, 5) is 14.6. The molecule has 1 amide bonds. The Morgan fingerprint density at radius 1 is 1.43 bits per heavy atom. The number of amides is 1. The number of hydrogen-bond acceptors (Lipinski definition) is 3. The molecule has 0 aliphatic carbocycles. The molecule has 1 aromatic carbocycles. The number of carbonyl (C=O) groups is 1. The lowest BCUT2D eigenvalue weighted by Gasteiger charge is -2.40. The molecule has 1 heterocycles. The Balaban J connectivity index is 2.42. The van der Waals surface area contributed by atoms with Crippen molar-refractivity contribution >= 4 is 24.9 Å². The lowest BCUT2D eigenvalue weighted by Crippen LogP contribution is -2.54. The van der Waals surface area contributed by atoms with E-state index in [2.05, 4.69) is 14.8 Å². The van der Waals surface area contributed by atoms with E-state index in [1.54, 1.807) is 7.11 Å². The van der Waals surface area contributed by atoms with E-state index >= 15 is 0 Å². The van der Waals surface area contributed by atoms with Crippen LogP contribution in [-0.4, -0.2) is 39.6 Å². The Labute approximate surface area is 127 Å². The second-order valence-corrected chi connectivity index (χ2v) is 5.89. The van der Waals surface area contributed by atoms with E-state index in [4.69, 9.17) is 9.47 Å². The molecule has 4 nitrogen and oxygen atoms in total. The monoisotopic (exact) mass is 289 g/mol. The number of ether oxygens (including phenoxy) is 2. The van der Waals surface area contributed by atoms with Crippen LogP contribution in [-0.2, 0) is 9.53 Å². The van der Waals surface area contributed by atoms with Crippen molar-refractivity contribution in [2.45, 2.75) is 39.2 Å². The summed E-state index contributed by atoms with van der Waals surface area (Å²) < 4.78 is 11.1. The predicted octanol–water partition coefficient (Wildman–Crippen LogP) is 1.18. The summed E-state index contributed by atoms with van der Waals surface area (Å²) >= 11 is 0. The molecular weight excluding hydrogens is 265 g/mol. The van der Waals surface area contributed by atoms with Crippen LogP contribution in [0.2, 0.25) is 0 Å². The smallest absolute Gasteiger partial charge is 0.270 e. The van der Waals surface area contributed by atoms with Crippen molar-refractivity contribution in [1.82, 2.24) is 0 Å². The van der Waals surface area contributed by atoms with Gasteiger partial charge >= 0.3 is 0 Å². The Morgan fingerprint density at radius 3 is 2.76 bits per heavy atom. The third kappa shape index (κ3) is 2.93. The van der Waals surface area contributed by atoms with Crippen LogP contribution < -0.4 is 15.1 Å². The molecule has 1 aliphatic heterocycles. The lowest BCUT2D eigenvalue weighted by molar-refractivity contribution is -0.134. The molecule has 0 N–H and O–H groups in total. The van der Waals surface area contributed by atoms with E-state index in [0.29, 0.717) is 19.6 Å². The molecule has 0 spiro atoms. The highest BCUT2D eigenvalue weighted by Crippen LogP contribution is 2.39. The minimum Gasteiger partial charge on any atom is -0.476 e. The van der Waals surface area contributed by atoms with Gasteiger partial charge in [-0.05, 0) is 38.8 Å². The number of rotatable bonds is 5. The first kappa shape index (κ1) is 15.9. The maximum Gasteiger partial charge on any atom is 0.270 e. The molecule has 0 saturated heterocycles. The number of nitrogens with zero attached hydrogens (tertiary/aromatic N) is 1. The molecule has 0 bridgehead atoms. The van der Waals surface area contributed by atoms with Crippen LogP contribution in [0.15, 0.2) is 12.1 Å². The van der Waals surface area contributed by atoms with Gasteiger partial charge in [0.25, 0.3) is 5.91 Å². The van der Waals surface area contributed by atoms with Gasteiger partial charge in [-0.2, -0.15) is 0 Å². The molecule has 1 aliphatic rings. The van der Waals surface area contributed by atoms with Crippen LogP contribution in [0, 0.1) is 6.92 Å². The SMILES string of the molecule is Bc1cc2c(cc1C)N(CCCOC)C(=O)C(C)(CC)O2. The minimum absolute atomic E-state index is 0.0388. The highest BCUT2D eigenvalue weighted by molar-refractivity contribution is 6.33. The fourth-order valence-corrected chi connectivity index (χ4v) is 2.56. The number of methoxy groups -OCH3 is 1. The predicted molar refractivity (Wildman–Crippen MR) is 87.5 cm³/mol.